The number of rotatable bonds is 7. The molecule has 0 aliphatic carbocycles. The summed E-state index contributed by atoms with van der Waals surface area (Å²) in [4.78, 5) is 4.14. The van der Waals surface area contributed by atoms with Crippen molar-refractivity contribution >= 4 is 20.0 Å². The van der Waals surface area contributed by atoms with E-state index in [0.717, 1.165) is 24.1 Å². The van der Waals surface area contributed by atoms with Crippen molar-refractivity contribution in [3.8, 4) is 5.69 Å². The van der Waals surface area contributed by atoms with E-state index in [1.54, 1.807) is 19.4 Å². The number of aromatic nitrogens is 2. The molecule has 1 fully saturated rings. The number of sulfonamides is 2. The van der Waals surface area contributed by atoms with E-state index in [4.69, 9.17) is 0 Å². The molecule has 2 aromatic carbocycles. The first kappa shape index (κ1) is 21.7. The van der Waals surface area contributed by atoms with Crippen LogP contribution in [0.5, 0.6) is 0 Å². The first-order valence-electron chi connectivity index (χ1n) is 9.98. The fourth-order valence-electron chi connectivity index (χ4n) is 3.58. The van der Waals surface area contributed by atoms with E-state index in [9.17, 15) is 16.8 Å². The highest BCUT2D eigenvalue weighted by molar-refractivity contribution is 7.89. The average Bonchev–Trinajstić information content (AvgIpc) is 3.48. The number of imidazole rings is 1. The summed E-state index contributed by atoms with van der Waals surface area (Å²) >= 11 is 0. The third-order valence-corrected chi connectivity index (χ3v) is 8.83. The molecule has 1 aliphatic rings. The summed E-state index contributed by atoms with van der Waals surface area (Å²) < 4.78 is 56.8. The van der Waals surface area contributed by atoms with Gasteiger partial charge in [0.25, 0.3) is 0 Å². The molecule has 1 saturated heterocycles. The van der Waals surface area contributed by atoms with Crippen LogP contribution in [0.15, 0.2) is 77.0 Å². The van der Waals surface area contributed by atoms with Gasteiger partial charge in [0.2, 0.25) is 20.0 Å². The van der Waals surface area contributed by atoms with Crippen LogP contribution < -0.4 is 4.72 Å². The lowest BCUT2D eigenvalue weighted by Gasteiger charge is -2.17. The normalized spacial score (nSPS) is 16.4. The molecule has 10 heteroatoms. The first-order valence-corrected chi connectivity index (χ1v) is 12.9. The molecular weight excluding hydrogens is 436 g/mol. The van der Waals surface area contributed by atoms with Crippen molar-refractivity contribution in [1.82, 2.24) is 18.6 Å². The van der Waals surface area contributed by atoms with Gasteiger partial charge in [-0.2, -0.15) is 4.31 Å². The second-order valence-electron chi connectivity index (χ2n) is 7.49. The summed E-state index contributed by atoms with van der Waals surface area (Å²) in [6.45, 7) is 2.76. The lowest BCUT2D eigenvalue weighted by atomic mass is 10.1. The summed E-state index contributed by atoms with van der Waals surface area (Å²) in [7, 11) is -7.39. The maximum Gasteiger partial charge on any atom is 0.243 e. The van der Waals surface area contributed by atoms with Crippen LogP contribution in [0.1, 0.15) is 31.4 Å². The van der Waals surface area contributed by atoms with E-state index < -0.39 is 26.1 Å². The summed E-state index contributed by atoms with van der Waals surface area (Å²) in [6.07, 6.45) is 6.89. The van der Waals surface area contributed by atoms with E-state index in [0.29, 0.717) is 13.1 Å². The van der Waals surface area contributed by atoms with Gasteiger partial charge in [0.05, 0.1) is 16.1 Å². The predicted octanol–water partition coefficient (Wildman–Crippen LogP) is 2.70. The van der Waals surface area contributed by atoms with Crippen LogP contribution in [-0.2, 0) is 20.0 Å². The van der Waals surface area contributed by atoms with Gasteiger partial charge >= 0.3 is 0 Å². The molecule has 0 radical (unpaired) electrons. The molecule has 164 valence electrons. The summed E-state index contributed by atoms with van der Waals surface area (Å²) in [5, 5.41) is 0. The minimum Gasteiger partial charge on any atom is -0.306 e. The second-order valence-corrected chi connectivity index (χ2v) is 11.1. The van der Waals surface area contributed by atoms with Gasteiger partial charge in [-0.1, -0.05) is 12.1 Å². The minimum atomic E-state index is -3.82. The Morgan fingerprint density at radius 2 is 1.52 bits per heavy atom. The van der Waals surface area contributed by atoms with Gasteiger partial charge in [0, 0.05) is 37.2 Å². The Morgan fingerprint density at radius 1 is 0.903 bits per heavy atom. The van der Waals surface area contributed by atoms with Crippen molar-refractivity contribution in [2.24, 2.45) is 0 Å². The summed E-state index contributed by atoms with van der Waals surface area (Å²) in [6, 6.07) is 12.4. The Labute approximate surface area is 182 Å². The Hall–Kier alpha value is -2.53. The van der Waals surface area contributed by atoms with Crippen LogP contribution in [-0.4, -0.2) is 43.8 Å². The molecule has 0 bridgehead atoms. The fraction of sp³-hybridized carbons (Fsp3) is 0.286. The molecule has 3 aromatic rings. The third kappa shape index (κ3) is 4.57. The molecule has 2 heterocycles. The highest BCUT2D eigenvalue weighted by Gasteiger charge is 2.27. The van der Waals surface area contributed by atoms with Crippen LogP contribution in [0.4, 0.5) is 0 Å². The van der Waals surface area contributed by atoms with E-state index in [1.807, 2.05) is 35.0 Å². The van der Waals surface area contributed by atoms with E-state index in [2.05, 4.69) is 9.71 Å². The monoisotopic (exact) mass is 460 g/mol. The van der Waals surface area contributed by atoms with Crippen molar-refractivity contribution < 1.29 is 16.8 Å². The maximum atomic E-state index is 12.8. The molecule has 0 saturated carbocycles. The van der Waals surface area contributed by atoms with E-state index in [-0.39, 0.29) is 9.79 Å². The number of nitrogens with one attached hydrogen (secondary N) is 1. The standard InChI is InChI=1S/C21H24N4O4S2/c1-17(18-4-6-19(7-5-18)24-15-12-22-16-24)23-30(26,27)20-8-10-21(11-9-20)31(28,29)25-13-2-3-14-25/h4-12,15-17,23H,2-3,13-14H2,1H3/t17-/m0/s1. The number of hydrogen-bond acceptors (Lipinski definition) is 5. The molecule has 1 N–H and O–H groups in total. The molecule has 1 aromatic heterocycles. The zero-order valence-electron chi connectivity index (χ0n) is 17.0. The minimum absolute atomic E-state index is 0.0229. The molecule has 0 unspecified atom stereocenters. The van der Waals surface area contributed by atoms with Gasteiger partial charge in [-0.3, -0.25) is 0 Å². The van der Waals surface area contributed by atoms with Crippen molar-refractivity contribution in [3.63, 3.8) is 0 Å². The van der Waals surface area contributed by atoms with Crippen molar-refractivity contribution in [2.45, 2.75) is 35.6 Å². The molecule has 1 atom stereocenters. The molecule has 1 aliphatic heterocycles. The van der Waals surface area contributed by atoms with E-state index in [1.165, 1.54) is 28.6 Å². The van der Waals surface area contributed by atoms with Gasteiger partial charge in [0.1, 0.15) is 0 Å². The number of nitrogens with zero attached hydrogens (tertiary/aromatic N) is 3. The Kier molecular flexibility index (Phi) is 5.98. The van der Waals surface area contributed by atoms with Crippen molar-refractivity contribution in [1.29, 1.82) is 0 Å². The third-order valence-electron chi connectivity index (χ3n) is 5.36. The number of benzene rings is 2. The van der Waals surface area contributed by atoms with Crippen LogP contribution in [0.25, 0.3) is 5.69 Å². The Balaban J connectivity index is 1.48. The SMILES string of the molecule is C[C@H](NS(=O)(=O)c1ccc(S(=O)(=O)N2CCCC2)cc1)c1ccc(-n2ccnc2)cc1. The second kappa shape index (κ2) is 8.54. The van der Waals surface area contributed by atoms with Gasteiger partial charge in [0.15, 0.2) is 0 Å². The quantitative estimate of drug-likeness (QED) is 0.584. The lowest BCUT2D eigenvalue weighted by molar-refractivity contribution is 0.477. The van der Waals surface area contributed by atoms with Crippen LogP contribution in [0.2, 0.25) is 0 Å². The zero-order valence-corrected chi connectivity index (χ0v) is 18.7. The smallest absolute Gasteiger partial charge is 0.243 e. The lowest BCUT2D eigenvalue weighted by Crippen LogP contribution is -2.28. The molecule has 31 heavy (non-hydrogen) atoms. The van der Waals surface area contributed by atoms with Crippen LogP contribution in [0.3, 0.4) is 0 Å². The summed E-state index contributed by atoms with van der Waals surface area (Å²) in [5.41, 5.74) is 1.73. The summed E-state index contributed by atoms with van der Waals surface area (Å²) in [5.74, 6) is 0. The Morgan fingerprint density at radius 3 is 2.10 bits per heavy atom. The van der Waals surface area contributed by atoms with Gasteiger partial charge in [-0.05, 0) is 61.7 Å². The topological polar surface area (TPSA) is 101 Å². The largest absolute Gasteiger partial charge is 0.306 e. The van der Waals surface area contributed by atoms with Crippen LogP contribution >= 0.6 is 0 Å². The van der Waals surface area contributed by atoms with Gasteiger partial charge in [-0.15, -0.1) is 0 Å². The average molecular weight is 461 g/mol. The maximum absolute atomic E-state index is 12.8. The van der Waals surface area contributed by atoms with Gasteiger partial charge < -0.3 is 4.57 Å². The van der Waals surface area contributed by atoms with Crippen LogP contribution in [0, 0.1) is 0 Å². The van der Waals surface area contributed by atoms with Gasteiger partial charge in [-0.25, -0.2) is 26.5 Å². The fourth-order valence-corrected chi connectivity index (χ4v) is 6.33. The highest BCUT2D eigenvalue weighted by Crippen LogP contribution is 2.23. The van der Waals surface area contributed by atoms with E-state index >= 15 is 0 Å². The molecular formula is C21H24N4O4S2. The first-order chi connectivity index (χ1) is 14.8. The Bertz CT molecular complexity index is 1230. The molecule has 4 rings (SSSR count). The van der Waals surface area contributed by atoms with Crippen molar-refractivity contribution in [2.75, 3.05) is 13.1 Å². The molecule has 0 spiro atoms. The molecule has 0 amide bonds. The number of hydrogen-bond donors (Lipinski definition) is 1. The predicted molar refractivity (Wildman–Crippen MR) is 117 cm³/mol. The van der Waals surface area contributed by atoms with Crippen molar-refractivity contribution in [3.05, 3.63) is 72.8 Å². The zero-order chi connectivity index (χ0) is 22.1. The highest BCUT2D eigenvalue weighted by atomic mass is 32.2. The molecule has 8 nitrogen and oxygen atoms in total.